The quantitative estimate of drug-likeness (QED) is 0.315. The predicted octanol–water partition coefficient (Wildman–Crippen LogP) is 1.81. The van der Waals surface area contributed by atoms with Gasteiger partial charge in [-0.3, -0.25) is 4.79 Å². The van der Waals surface area contributed by atoms with E-state index in [1.165, 1.54) is 12.8 Å². The maximum Gasteiger partial charge on any atom is 0.251 e. The van der Waals surface area contributed by atoms with Gasteiger partial charge < -0.3 is 20.9 Å². The number of likely N-dealkylation sites (N-methyl/N-ethyl adjacent to an activating group) is 1. The Kier molecular flexibility index (Phi) is 9.81. The number of guanidine groups is 1. The first-order valence-corrected chi connectivity index (χ1v) is 8.65. The zero-order chi connectivity index (χ0) is 17.4. The number of carbonyl (C=O) groups excluding carboxylic acids is 1. The normalized spacial score (nSPS) is 14.0. The van der Waals surface area contributed by atoms with Crippen LogP contribution < -0.4 is 16.0 Å². The second-order valence-corrected chi connectivity index (χ2v) is 6.37. The van der Waals surface area contributed by atoms with Crippen LogP contribution in [0.15, 0.2) is 29.3 Å². The Balaban J connectivity index is 0.00000312. The van der Waals surface area contributed by atoms with Crippen LogP contribution in [0.25, 0.3) is 0 Å². The number of halogens is 1. The van der Waals surface area contributed by atoms with E-state index in [9.17, 15) is 4.79 Å². The minimum atomic E-state index is -0.0364. The number of amides is 1. The molecule has 0 heterocycles. The van der Waals surface area contributed by atoms with Gasteiger partial charge in [0.05, 0.1) is 6.54 Å². The van der Waals surface area contributed by atoms with E-state index >= 15 is 0 Å². The number of hydrogen-bond donors (Lipinski definition) is 3. The molecular weight excluding hydrogens is 429 g/mol. The summed E-state index contributed by atoms with van der Waals surface area (Å²) in [6, 6.07) is 8.23. The third-order valence-corrected chi connectivity index (χ3v) is 3.72. The molecule has 1 fully saturated rings. The van der Waals surface area contributed by atoms with Crippen molar-refractivity contribution in [3.8, 4) is 0 Å². The van der Waals surface area contributed by atoms with Crippen molar-refractivity contribution in [3.05, 3.63) is 35.4 Å². The van der Waals surface area contributed by atoms with Gasteiger partial charge in [0, 0.05) is 31.2 Å². The average Bonchev–Trinajstić information content (AvgIpc) is 3.37. The van der Waals surface area contributed by atoms with Gasteiger partial charge in [-0.15, -0.1) is 24.0 Å². The third kappa shape index (κ3) is 8.53. The summed E-state index contributed by atoms with van der Waals surface area (Å²) in [4.78, 5) is 18.8. The fourth-order valence-electron chi connectivity index (χ4n) is 2.22. The summed E-state index contributed by atoms with van der Waals surface area (Å²) in [6.07, 6.45) is 2.43. The number of nitrogens with zero attached hydrogens (tertiary/aromatic N) is 2. The van der Waals surface area contributed by atoms with E-state index in [0.717, 1.165) is 24.6 Å². The smallest absolute Gasteiger partial charge is 0.251 e. The van der Waals surface area contributed by atoms with Crippen LogP contribution in [0.4, 0.5) is 0 Å². The molecule has 0 aromatic heterocycles. The van der Waals surface area contributed by atoms with Crippen molar-refractivity contribution in [2.45, 2.75) is 32.4 Å². The van der Waals surface area contributed by atoms with Crippen molar-refractivity contribution in [1.29, 1.82) is 0 Å². The maximum absolute atomic E-state index is 12.2. The molecule has 25 heavy (non-hydrogen) atoms. The minimum Gasteiger partial charge on any atom is -0.357 e. The highest BCUT2D eigenvalue weighted by molar-refractivity contribution is 14.0. The summed E-state index contributed by atoms with van der Waals surface area (Å²) in [6.45, 7) is 4.93. The number of carbonyl (C=O) groups is 1. The van der Waals surface area contributed by atoms with E-state index in [-0.39, 0.29) is 29.9 Å². The van der Waals surface area contributed by atoms with Crippen molar-refractivity contribution in [1.82, 2.24) is 20.9 Å². The van der Waals surface area contributed by atoms with Gasteiger partial charge in [-0.25, -0.2) is 4.99 Å². The number of nitrogens with one attached hydrogen (secondary N) is 3. The third-order valence-electron chi connectivity index (χ3n) is 3.72. The first-order chi connectivity index (χ1) is 11.6. The zero-order valence-corrected chi connectivity index (χ0v) is 17.7. The summed E-state index contributed by atoms with van der Waals surface area (Å²) in [5, 5.41) is 9.58. The van der Waals surface area contributed by atoms with Gasteiger partial charge in [0.15, 0.2) is 5.96 Å². The summed E-state index contributed by atoms with van der Waals surface area (Å²) in [5.41, 5.74) is 1.71. The topological polar surface area (TPSA) is 68.8 Å². The molecule has 1 amide bonds. The fraction of sp³-hybridized carbons (Fsp3) is 0.556. The lowest BCUT2D eigenvalue weighted by molar-refractivity contribution is 0.0951. The molecule has 6 nitrogen and oxygen atoms in total. The molecule has 0 atom stereocenters. The first kappa shape index (κ1) is 21.7. The molecular formula is C18H30IN5O. The number of rotatable bonds is 8. The number of benzene rings is 1. The Morgan fingerprint density at radius 3 is 2.68 bits per heavy atom. The molecule has 1 aliphatic carbocycles. The van der Waals surface area contributed by atoms with Crippen molar-refractivity contribution in [3.63, 3.8) is 0 Å². The zero-order valence-electron chi connectivity index (χ0n) is 15.3. The van der Waals surface area contributed by atoms with Crippen molar-refractivity contribution < 1.29 is 4.79 Å². The molecule has 0 spiro atoms. The molecule has 3 N–H and O–H groups in total. The molecule has 1 saturated carbocycles. The van der Waals surface area contributed by atoms with E-state index in [0.29, 0.717) is 24.7 Å². The van der Waals surface area contributed by atoms with Crippen molar-refractivity contribution in [2.75, 3.05) is 33.7 Å². The molecule has 0 radical (unpaired) electrons. The van der Waals surface area contributed by atoms with Gasteiger partial charge in [0.25, 0.3) is 5.91 Å². The molecule has 140 valence electrons. The van der Waals surface area contributed by atoms with Crippen LogP contribution in [0.1, 0.15) is 35.7 Å². The van der Waals surface area contributed by atoms with Crippen LogP contribution in [0, 0.1) is 0 Å². The van der Waals surface area contributed by atoms with E-state index < -0.39 is 0 Å². The standard InChI is InChI=1S/C18H29N5O.HI/c1-4-19-18(22-16-8-9-16)21-13-14-6-5-7-15(12-14)17(24)20-10-11-23(2)3;/h5-7,12,16H,4,8-11,13H2,1-3H3,(H,20,24)(H2,19,21,22);1H. The van der Waals surface area contributed by atoms with Crippen LogP contribution in [0.5, 0.6) is 0 Å². The molecule has 1 aliphatic rings. The van der Waals surface area contributed by atoms with E-state index in [1.54, 1.807) is 0 Å². The van der Waals surface area contributed by atoms with E-state index in [1.807, 2.05) is 43.3 Å². The molecule has 0 saturated heterocycles. The summed E-state index contributed by atoms with van der Waals surface area (Å²) < 4.78 is 0. The minimum absolute atomic E-state index is 0. The van der Waals surface area contributed by atoms with Crippen LogP contribution in [0.2, 0.25) is 0 Å². The molecule has 2 rings (SSSR count). The molecule has 1 aromatic carbocycles. The highest BCUT2D eigenvalue weighted by Crippen LogP contribution is 2.18. The Bertz CT molecular complexity index is 572. The van der Waals surface area contributed by atoms with Crippen LogP contribution in [-0.4, -0.2) is 56.5 Å². The summed E-state index contributed by atoms with van der Waals surface area (Å²) >= 11 is 0. The van der Waals surface area contributed by atoms with Crippen molar-refractivity contribution >= 4 is 35.8 Å². The lowest BCUT2D eigenvalue weighted by Gasteiger charge is -2.11. The lowest BCUT2D eigenvalue weighted by atomic mass is 10.1. The Hall–Kier alpha value is -1.35. The molecule has 1 aromatic rings. The van der Waals surface area contributed by atoms with Gasteiger partial charge in [0.2, 0.25) is 0 Å². The van der Waals surface area contributed by atoms with Gasteiger partial charge in [-0.1, -0.05) is 12.1 Å². The van der Waals surface area contributed by atoms with E-state index in [4.69, 9.17) is 0 Å². The maximum atomic E-state index is 12.2. The monoisotopic (exact) mass is 459 g/mol. The number of aliphatic imine (C=N–C) groups is 1. The fourth-order valence-corrected chi connectivity index (χ4v) is 2.22. The second kappa shape index (κ2) is 11.3. The summed E-state index contributed by atoms with van der Waals surface area (Å²) in [5.74, 6) is 0.812. The van der Waals surface area contributed by atoms with Crippen LogP contribution in [-0.2, 0) is 6.54 Å². The highest BCUT2D eigenvalue weighted by Gasteiger charge is 2.22. The molecule has 0 aliphatic heterocycles. The first-order valence-electron chi connectivity index (χ1n) is 8.65. The summed E-state index contributed by atoms with van der Waals surface area (Å²) in [7, 11) is 3.98. The van der Waals surface area contributed by atoms with Gasteiger partial charge >= 0.3 is 0 Å². The average molecular weight is 459 g/mol. The highest BCUT2D eigenvalue weighted by atomic mass is 127. The van der Waals surface area contributed by atoms with Crippen LogP contribution >= 0.6 is 24.0 Å². The Morgan fingerprint density at radius 2 is 2.04 bits per heavy atom. The lowest BCUT2D eigenvalue weighted by Crippen LogP contribution is -2.38. The SMILES string of the molecule is CCNC(=NCc1cccc(C(=O)NCCN(C)C)c1)NC1CC1.I. The van der Waals surface area contributed by atoms with Gasteiger partial charge in [-0.05, 0) is 51.6 Å². The largest absolute Gasteiger partial charge is 0.357 e. The Labute approximate surface area is 167 Å². The number of hydrogen-bond acceptors (Lipinski definition) is 3. The van der Waals surface area contributed by atoms with Crippen LogP contribution in [0.3, 0.4) is 0 Å². The Morgan fingerprint density at radius 1 is 1.28 bits per heavy atom. The predicted molar refractivity (Wildman–Crippen MR) is 114 cm³/mol. The molecule has 0 unspecified atom stereocenters. The molecule has 7 heteroatoms. The second-order valence-electron chi connectivity index (χ2n) is 6.37. The van der Waals surface area contributed by atoms with E-state index in [2.05, 4.69) is 27.9 Å². The molecule has 0 bridgehead atoms. The van der Waals surface area contributed by atoms with Gasteiger partial charge in [-0.2, -0.15) is 0 Å². The van der Waals surface area contributed by atoms with Gasteiger partial charge in [0.1, 0.15) is 0 Å². The van der Waals surface area contributed by atoms with Crippen molar-refractivity contribution in [2.24, 2.45) is 4.99 Å².